The molecular formula is C29H41N5O6. The topological polar surface area (TPSA) is 172 Å². The van der Waals surface area contributed by atoms with Crippen LogP contribution < -0.4 is 27.2 Å². The van der Waals surface area contributed by atoms with Gasteiger partial charge in [-0.1, -0.05) is 62.4 Å². The zero-order valence-electron chi connectivity index (χ0n) is 23.7. The van der Waals surface area contributed by atoms with Crippen molar-refractivity contribution in [2.45, 2.75) is 70.7 Å². The molecule has 0 spiro atoms. The Morgan fingerprint density at radius 2 is 1.52 bits per heavy atom. The molecule has 0 aliphatic rings. The summed E-state index contributed by atoms with van der Waals surface area (Å²) in [5.74, 6) is -2.36. The van der Waals surface area contributed by atoms with E-state index >= 15 is 0 Å². The highest BCUT2D eigenvalue weighted by Gasteiger charge is 2.44. The first-order valence-electron chi connectivity index (χ1n) is 13.1. The van der Waals surface area contributed by atoms with Gasteiger partial charge in [-0.25, -0.2) is 10.2 Å². The van der Waals surface area contributed by atoms with Gasteiger partial charge in [0, 0.05) is 12.1 Å². The molecule has 0 unspecified atom stereocenters. The van der Waals surface area contributed by atoms with E-state index in [0.717, 1.165) is 5.56 Å². The smallest absolute Gasteiger partial charge is 0.422 e. The lowest BCUT2D eigenvalue weighted by Gasteiger charge is -2.43. The zero-order valence-corrected chi connectivity index (χ0v) is 23.7. The summed E-state index contributed by atoms with van der Waals surface area (Å²) in [5, 5.41) is 17.0. The van der Waals surface area contributed by atoms with Gasteiger partial charge in [0.2, 0.25) is 11.8 Å². The minimum Gasteiger partial charge on any atom is -0.443 e. The maximum Gasteiger partial charge on any atom is 0.422 e. The lowest BCUT2D eigenvalue weighted by molar-refractivity contribution is -0.130. The summed E-state index contributed by atoms with van der Waals surface area (Å²) in [7, 11) is 0. The summed E-state index contributed by atoms with van der Waals surface area (Å²) in [5.41, 5.74) is 9.61. The number of ether oxygens (including phenoxy) is 1. The molecule has 2 aromatic carbocycles. The Kier molecular flexibility index (Phi) is 11.6. The molecule has 11 nitrogen and oxygen atoms in total. The van der Waals surface area contributed by atoms with Crippen molar-refractivity contribution in [2.75, 3.05) is 6.54 Å². The Morgan fingerprint density at radius 3 is 2.05 bits per heavy atom. The quantitative estimate of drug-likeness (QED) is 0.205. The van der Waals surface area contributed by atoms with Gasteiger partial charge in [-0.2, -0.15) is 0 Å². The molecule has 0 aliphatic carbocycles. The lowest BCUT2D eigenvalue weighted by Crippen LogP contribution is -2.67. The first kappa shape index (κ1) is 32.3. The number of aliphatic hydroxyl groups excluding tert-OH is 1. The second-order valence-electron chi connectivity index (χ2n) is 10.9. The maximum atomic E-state index is 13.6. The summed E-state index contributed by atoms with van der Waals surface area (Å²) in [6, 6.07) is 16.2. The molecule has 4 amide bonds. The van der Waals surface area contributed by atoms with Crippen molar-refractivity contribution in [1.82, 2.24) is 21.5 Å². The number of nitrogens with one attached hydrogen (secondary N) is 4. The normalized spacial score (nSPS) is 14.4. The van der Waals surface area contributed by atoms with Gasteiger partial charge in [0.05, 0.1) is 18.1 Å². The molecule has 218 valence electrons. The van der Waals surface area contributed by atoms with Gasteiger partial charge in [0.1, 0.15) is 11.6 Å². The van der Waals surface area contributed by atoms with Crippen molar-refractivity contribution in [3.8, 4) is 0 Å². The number of hydrogen-bond donors (Lipinski definition) is 6. The number of primary amides is 1. The number of nitrogens with two attached hydrogens (primary N) is 1. The molecule has 2 rings (SSSR count). The third-order valence-corrected chi connectivity index (χ3v) is 6.27. The summed E-state index contributed by atoms with van der Waals surface area (Å²) in [6.07, 6.45) is -2.20. The first-order valence-corrected chi connectivity index (χ1v) is 13.1. The molecular weight excluding hydrogens is 514 g/mol. The molecule has 0 aliphatic heterocycles. The molecule has 0 saturated heterocycles. The van der Waals surface area contributed by atoms with Crippen molar-refractivity contribution in [3.63, 3.8) is 0 Å². The van der Waals surface area contributed by atoms with E-state index in [4.69, 9.17) is 10.5 Å². The number of carbonyl (C=O) groups is 4. The minimum absolute atomic E-state index is 0.151. The average Bonchev–Trinajstić information content (AvgIpc) is 2.87. The van der Waals surface area contributed by atoms with Crippen LogP contribution in [0.15, 0.2) is 60.7 Å². The fourth-order valence-corrected chi connectivity index (χ4v) is 4.18. The molecule has 11 heteroatoms. The third-order valence-electron chi connectivity index (χ3n) is 6.27. The molecule has 0 fully saturated rings. The molecule has 0 aromatic heterocycles. The summed E-state index contributed by atoms with van der Waals surface area (Å²) >= 11 is 0. The summed E-state index contributed by atoms with van der Waals surface area (Å²) in [4.78, 5) is 50.4. The summed E-state index contributed by atoms with van der Waals surface area (Å²) in [6.45, 7) is 8.68. The number of aliphatic hydroxyl groups is 1. The molecule has 40 heavy (non-hydrogen) atoms. The van der Waals surface area contributed by atoms with Gasteiger partial charge in [0.25, 0.3) is 5.91 Å². The monoisotopic (exact) mass is 555 g/mol. The number of rotatable bonds is 13. The predicted octanol–water partition coefficient (Wildman–Crippen LogP) is 1.80. The fourth-order valence-electron chi connectivity index (χ4n) is 4.18. The van der Waals surface area contributed by atoms with Gasteiger partial charge in [-0.15, -0.1) is 0 Å². The van der Waals surface area contributed by atoms with Crippen molar-refractivity contribution >= 4 is 23.8 Å². The van der Waals surface area contributed by atoms with Gasteiger partial charge in [0.15, 0.2) is 0 Å². The van der Waals surface area contributed by atoms with E-state index < -0.39 is 53.5 Å². The highest BCUT2D eigenvalue weighted by molar-refractivity contribution is 5.99. The van der Waals surface area contributed by atoms with Gasteiger partial charge < -0.3 is 26.2 Å². The Bertz CT molecular complexity index is 1140. The van der Waals surface area contributed by atoms with Crippen LogP contribution in [0, 0.1) is 5.92 Å². The van der Waals surface area contributed by atoms with Crippen LogP contribution in [0.1, 0.15) is 57.0 Å². The summed E-state index contributed by atoms with van der Waals surface area (Å²) < 4.78 is 5.21. The number of benzene rings is 2. The number of carbonyl (C=O) groups excluding carboxylic acids is 4. The van der Waals surface area contributed by atoms with Crippen molar-refractivity contribution in [3.05, 3.63) is 71.8 Å². The second-order valence-corrected chi connectivity index (χ2v) is 10.9. The number of hydrazine groups is 1. The fraction of sp³-hybridized carbons (Fsp3) is 0.448. The maximum absolute atomic E-state index is 13.6. The molecule has 3 atom stereocenters. The van der Waals surface area contributed by atoms with Crippen molar-refractivity contribution in [1.29, 1.82) is 0 Å². The standard InChI is InChI=1S/C29H41N5O6/c1-19(2)29(17-20-12-8-6-9-13-20,23(35)18-31-34-27(39)40-28(3,4)5)33-26(38)22(16-24(30)36)32-25(37)21-14-10-7-11-15-21/h6-15,19,22-23,31,35H,16-18H2,1-5H3,(H2,30,36)(H,32,37)(H,33,38)(H,34,39)/t22-,23-,29-/m0/s1. The Labute approximate surface area is 235 Å². The van der Waals surface area contributed by atoms with Crippen LogP contribution in [-0.2, 0) is 20.7 Å². The van der Waals surface area contributed by atoms with Crippen LogP contribution in [0.5, 0.6) is 0 Å². The molecule has 0 saturated carbocycles. The Morgan fingerprint density at radius 1 is 0.950 bits per heavy atom. The van der Waals surface area contributed by atoms with E-state index in [-0.39, 0.29) is 18.9 Å². The molecule has 2 aromatic rings. The molecule has 0 heterocycles. The van der Waals surface area contributed by atoms with E-state index in [0.29, 0.717) is 5.56 Å². The van der Waals surface area contributed by atoms with Gasteiger partial charge in [-0.3, -0.25) is 19.8 Å². The minimum atomic E-state index is -1.29. The van der Waals surface area contributed by atoms with E-state index in [1.165, 1.54) is 0 Å². The lowest BCUT2D eigenvalue weighted by atomic mass is 9.76. The van der Waals surface area contributed by atoms with Crippen molar-refractivity contribution < 1.29 is 29.0 Å². The number of amides is 4. The second kappa shape index (κ2) is 14.4. The largest absolute Gasteiger partial charge is 0.443 e. The van der Waals surface area contributed by atoms with E-state index in [1.807, 2.05) is 44.2 Å². The highest BCUT2D eigenvalue weighted by atomic mass is 16.6. The third kappa shape index (κ3) is 9.97. The van der Waals surface area contributed by atoms with E-state index in [2.05, 4.69) is 21.5 Å². The predicted molar refractivity (Wildman–Crippen MR) is 151 cm³/mol. The Balaban J connectivity index is 2.32. The van der Waals surface area contributed by atoms with Gasteiger partial charge >= 0.3 is 6.09 Å². The van der Waals surface area contributed by atoms with Crippen LogP contribution >= 0.6 is 0 Å². The Hall–Kier alpha value is -3.96. The van der Waals surface area contributed by atoms with Crippen LogP contribution in [0.25, 0.3) is 0 Å². The van der Waals surface area contributed by atoms with E-state index in [9.17, 15) is 24.3 Å². The van der Waals surface area contributed by atoms with Crippen LogP contribution in [0.2, 0.25) is 0 Å². The van der Waals surface area contributed by atoms with Crippen LogP contribution in [0.3, 0.4) is 0 Å². The molecule has 0 radical (unpaired) electrons. The molecule has 0 bridgehead atoms. The number of hydrogen-bond acceptors (Lipinski definition) is 7. The average molecular weight is 556 g/mol. The first-order chi connectivity index (χ1) is 18.7. The zero-order chi connectivity index (χ0) is 29.9. The van der Waals surface area contributed by atoms with Crippen molar-refractivity contribution in [2.24, 2.45) is 11.7 Å². The SMILES string of the molecule is CC(C)[C@](Cc1ccccc1)(NC(=O)[C@H](CC(N)=O)NC(=O)c1ccccc1)[C@@H](O)CNNC(=O)OC(C)(C)C. The van der Waals surface area contributed by atoms with Gasteiger partial charge in [-0.05, 0) is 50.8 Å². The van der Waals surface area contributed by atoms with E-state index in [1.54, 1.807) is 51.1 Å². The van der Waals surface area contributed by atoms with Crippen LogP contribution in [-0.4, -0.2) is 58.8 Å². The molecule has 7 N–H and O–H groups in total. The highest BCUT2D eigenvalue weighted by Crippen LogP contribution is 2.27. The van der Waals surface area contributed by atoms with Crippen LogP contribution in [0.4, 0.5) is 4.79 Å².